The van der Waals surface area contributed by atoms with Crippen LogP contribution in [0.15, 0.2) is 91.1 Å². The Morgan fingerprint density at radius 2 is 0.958 bits per heavy atom. The molecule has 3 aromatic carbocycles. The Balaban J connectivity index is 1.85. The normalized spacial score (nSPS) is 10.5. The van der Waals surface area contributed by atoms with Crippen LogP contribution in [0.3, 0.4) is 0 Å². The predicted octanol–water partition coefficient (Wildman–Crippen LogP) is 8.40. The lowest BCUT2D eigenvalue weighted by Gasteiger charge is -2.16. The van der Waals surface area contributed by atoms with Gasteiger partial charge >= 0.3 is 17.9 Å². The second-order valence-electron chi connectivity index (χ2n) is 11.5. The summed E-state index contributed by atoms with van der Waals surface area (Å²) in [6.45, 7) is 21.2. The van der Waals surface area contributed by atoms with Crippen LogP contribution in [0.4, 0.5) is 0 Å². The van der Waals surface area contributed by atoms with Crippen LogP contribution in [0.25, 0.3) is 22.3 Å². The summed E-state index contributed by atoms with van der Waals surface area (Å²) in [6.07, 6.45) is 2.58. The summed E-state index contributed by atoms with van der Waals surface area (Å²) >= 11 is 0. The van der Waals surface area contributed by atoms with Crippen LogP contribution < -0.4 is 14.2 Å². The first-order valence-electron chi connectivity index (χ1n) is 16.1. The van der Waals surface area contributed by atoms with Gasteiger partial charge in [-0.3, -0.25) is 0 Å². The number of benzene rings is 3. The number of aryl methyl sites for hydroxylation is 2. The van der Waals surface area contributed by atoms with Gasteiger partial charge in [-0.2, -0.15) is 0 Å². The quantitative estimate of drug-likeness (QED) is 0.0584. The van der Waals surface area contributed by atoms with Crippen LogP contribution in [0.2, 0.25) is 0 Å². The molecule has 0 heterocycles. The summed E-state index contributed by atoms with van der Waals surface area (Å²) in [6, 6.07) is 17.7. The molecular weight excluding hydrogens is 608 g/mol. The highest BCUT2D eigenvalue weighted by Crippen LogP contribution is 2.36. The van der Waals surface area contributed by atoms with Crippen LogP contribution >= 0.6 is 0 Å². The van der Waals surface area contributed by atoms with Crippen molar-refractivity contribution in [3.63, 3.8) is 0 Å². The molecule has 0 aliphatic heterocycles. The molecule has 8 heteroatoms. The van der Waals surface area contributed by atoms with Crippen molar-refractivity contribution in [3.05, 3.63) is 102 Å². The highest BCUT2D eigenvalue weighted by atomic mass is 16.5. The molecule has 48 heavy (non-hydrogen) atoms. The molecular formula is C40H46O8. The number of carbonyl (C=O) groups is 3. The Kier molecular flexibility index (Phi) is 14.2. The lowest BCUT2D eigenvalue weighted by Crippen LogP contribution is -2.09. The van der Waals surface area contributed by atoms with Crippen LogP contribution in [0.1, 0.15) is 58.6 Å². The molecule has 0 bridgehead atoms. The molecule has 0 aliphatic rings. The van der Waals surface area contributed by atoms with Gasteiger partial charge in [0.25, 0.3) is 0 Å². The van der Waals surface area contributed by atoms with E-state index in [1.165, 1.54) is 0 Å². The van der Waals surface area contributed by atoms with E-state index < -0.39 is 17.9 Å². The lowest BCUT2D eigenvalue weighted by molar-refractivity contribution is -0.140. The molecule has 0 atom stereocenters. The molecule has 0 radical (unpaired) electrons. The number of rotatable bonds is 18. The monoisotopic (exact) mass is 654 g/mol. The molecule has 0 aliphatic carbocycles. The molecule has 0 fully saturated rings. The number of hydrogen-bond donors (Lipinski definition) is 0. The van der Waals surface area contributed by atoms with Gasteiger partial charge in [0.05, 0.1) is 26.4 Å². The molecule has 0 saturated heterocycles. The Morgan fingerprint density at radius 3 is 1.33 bits per heavy atom. The van der Waals surface area contributed by atoms with Gasteiger partial charge in [-0.15, -0.1) is 0 Å². The molecule has 8 nitrogen and oxygen atoms in total. The maximum Gasteiger partial charge on any atom is 0.338 e. The predicted molar refractivity (Wildman–Crippen MR) is 188 cm³/mol. The smallest absolute Gasteiger partial charge is 0.338 e. The van der Waals surface area contributed by atoms with Gasteiger partial charge < -0.3 is 23.7 Å². The third-order valence-electron chi connectivity index (χ3n) is 7.27. The summed E-state index contributed by atoms with van der Waals surface area (Å²) in [4.78, 5) is 35.7. The van der Waals surface area contributed by atoms with Crippen molar-refractivity contribution in [1.29, 1.82) is 0 Å². The maximum atomic E-state index is 12.5. The third kappa shape index (κ3) is 11.0. The molecule has 0 spiro atoms. The van der Waals surface area contributed by atoms with Gasteiger partial charge in [0.1, 0.15) is 17.2 Å². The largest absolute Gasteiger partial charge is 0.493 e. The van der Waals surface area contributed by atoms with Crippen LogP contribution in [-0.4, -0.2) is 44.3 Å². The van der Waals surface area contributed by atoms with E-state index in [1.807, 2.05) is 36.4 Å². The van der Waals surface area contributed by atoms with Crippen LogP contribution in [0.5, 0.6) is 17.2 Å². The van der Waals surface area contributed by atoms with Crippen LogP contribution in [0, 0.1) is 0 Å². The maximum absolute atomic E-state index is 12.5. The van der Waals surface area contributed by atoms with Crippen LogP contribution in [-0.2, 0) is 36.7 Å². The minimum atomic E-state index is -0.503. The van der Waals surface area contributed by atoms with Crippen molar-refractivity contribution in [2.24, 2.45) is 0 Å². The first-order valence-corrected chi connectivity index (χ1v) is 16.1. The standard InChI is InChI=1S/C40H46O8/c1-9-29-21-31(13-15-36(29)44-17-11-19-46-38(41)26(3)4)33-23-34(25-35(24-33)48-40(43)28(7)8)32-14-16-37(30(10-2)22-32)45-18-12-20-47-39(42)27(5)6/h13-16,21-25H,3,5,7,9-12,17-20H2,1-2,4,6,8H3. The van der Waals surface area contributed by atoms with E-state index in [-0.39, 0.29) is 13.2 Å². The molecule has 0 N–H and O–H groups in total. The Morgan fingerprint density at radius 1 is 0.542 bits per heavy atom. The second kappa shape index (κ2) is 18.3. The van der Waals surface area contributed by atoms with E-state index in [9.17, 15) is 14.4 Å². The minimum absolute atomic E-state index is 0.253. The summed E-state index contributed by atoms with van der Waals surface area (Å²) < 4.78 is 28.1. The van der Waals surface area contributed by atoms with E-state index in [0.29, 0.717) is 48.5 Å². The van der Waals surface area contributed by atoms with Crippen molar-refractivity contribution in [2.75, 3.05) is 26.4 Å². The molecule has 254 valence electrons. The topological polar surface area (TPSA) is 97.4 Å². The van der Waals surface area contributed by atoms with E-state index in [4.69, 9.17) is 23.7 Å². The zero-order valence-electron chi connectivity index (χ0n) is 28.7. The summed E-state index contributed by atoms with van der Waals surface area (Å²) in [7, 11) is 0. The van der Waals surface area contributed by atoms with Crippen molar-refractivity contribution in [3.8, 4) is 39.5 Å². The fourth-order valence-electron chi connectivity index (χ4n) is 4.60. The molecule has 0 saturated carbocycles. The van der Waals surface area contributed by atoms with Gasteiger partial charge in [0.2, 0.25) is 0 Å². The lowest BCUT2D eigenvalue weighted by atomic mass is 9.95. The molecule has 0 unspecified atom stereocenters. The van der Waals surface area contributed by atoms with E-state index >= 15 is 0 Å². The van der Waals surface area contributed by atoms with Gasteiger partial charge in [-0.1, -0.05) is 45.7 Å². The number of hydrogen-bond acceptors (Lipinski definition) is 8. The summed E-state index contributed by atoms with van der Waals surface area (Å²) in [5.74, 6) is 0.604. The van der Waals surface area contributed by atoms with Gasteiger partial charge in [-0.05, 0) is 109 Å². The van der Waals surface area contributed by atoms with Crippen molar-refractivity contribution in [2.45, 2.75) is 60.3 Å². The van der Waals surface area contributed by atoms with Gasteiger partial charge in [0.15, 0.2) is 0 Å². The molecule has 0 amide bonds. The molecule has 0 aromatic heterocycles. The van der Waals surface area contributed by atoms with E-state index in [1.54, 1.807) is 20.8 Å². The zero-order chi connectivity index (χ0) is 35.2. The van der Waals surface area contributed by atoms with Crippen molar-refractivity contribution in [1.82, 2.24) is 0 Å². The molecule has 3 aromatic rings. The van der Waals surface area contributed by atoms with Crippen molar-refractivity contribution >= 4 is 17.9 Å². The minimum Gasteiger partial charge on any atom is -0.493 e. The third-order valence-corrected chi connectivity index (χ3v) is 7.27. The molecule has 3 rings (SSSR count). The highest BCUT2D eigenvalue weighted by Gasteiger charge is 2.14. The Bertz CT molecular complexity index is 1560. The zero-order valence-corrected chi connectivity index (χ0v) is 28.7. The number of ether oxygens (including phenoxy) is 5. The SMILES string of the molecule is C=C(C)C(=O)OCCCOc1ccc(-c2cc(OC(=O)C(=C)C)cc(-c3ccc(OCCCOC(=O)C(=C)C)c(CC)c3)c2)cc1CC. The Hall–Kier alpha value is -5.11. The number of esters is 3. The second-order valence-corrected chi connectivity index (χ2v) is 11.5. The van der Waals surface area contributed by atoms with E-state index in [2.05, 4.69) is 51.8 Å². The average molecular weight is 655 g/mol. The highest BCUT2D eigenvalue weighted by molar-refractivity contribution is 5.89. The first kappa shape index (κ1) is 37.3. The first-order chi connectivity index (χ1) is 22.9. The fraction of sp³-hybridized carbons (Fsp3) is 0.325. The summed E-state index contributed by atoms with van der Waals surface area (Å²) in [5, 5.41) is 0. The van der Waals surface area contributed by atoms with E-state index in [0.717, 1.165) is 57.7 Å². The van der Waals surface area contributed by atoms with Gasteiger partial charge in [-0.25, -0.2) is 14.4 Å². The fourth-order valence-corrected chi connectivity index (χ4v) is 4.60. The van der Waals surface area contributed by atoms with Crippen molar-refractivity contribution < 1.29 is 38.1 Å². The average Bonchev–Trinajstić information content (AvgIpc) is 3.07. The summed E-state index contributed by atoms with van der Waals surface area (Å²) in [5.41, 5.74) is 6.68. The Labute approximate surface area is 284 Å². The number of carbonyl (C=O) groups excluding carboxylic acids is 3. The van der Waals surface area contributed by atoms with Gasteiger partial charge in [0, 0.05) is 29.6 Å².